The Morgan fingerprint density at radius 2 is 2.28 bits per heavy atom. The van der Waals surface area contributed by atoms with E-state index in [4.69, 9.17) is 5.26 Å². The zero-order valence-corrected chi connectivity index (χ0v) is 11.5. The van der Waals surface area contributed by atoms with Gasteiger partial charge in [-0.1, -0.05) is 17.8 Å². The van der Waals surface area contributed by atoms with Gasteiger partial charge in [0.05, 0.1) is 17.7 Å². The van der Waals surface area contributed by atoms with Gasteiger partial charge in [-0.25, -0.2) is 4.98 Å². The summed E-state index contributed by atoms with van der Waals surface area (Å²) in [6, 6.07) is 7.35. The molecule has 0 saturated carbocycles. The highest BCUT2D eigenvalue weighted by Gasteiger charge is 2.12. The normalized spacial score (nSPS) is 12.1. The summed E-state index contributed by atoms with van der Waals surface area (Å²) in [7, 11) is 0. The predicted octanol–water partition coefficient (Wildman–Crippen LogP) is 2.92. The van der Waals surface area contributed by atoms with Crippen molar-refractivity contribution in [1.82, 2.24) is 9.36 Å². The fourth-order valence-corrected chi connectivity index (χ4v) is 3.31. The molecule has 1 N–H and O–H groups in total. The van der Waals surface area contributed by atoms with Gasteiger partial charge in [-0.3, -0.25) is 0 Å². The Morgan fingerprint density at radius 1 is 1.50 bits per heavy atom. The van der Waals surface area contributed by atoms with Gasteiger partial charge in [-0.15, -0.1) is 0 Å². The minimum atomic E-state index is -0.575. The summed E-state index contributed by atoms with van der Waals surface area (Å²) in [5, 5.41) is 18.6. The Bertz CT molecular complexity index is 602. The van der Waals surface area contributed by atoms with E-state index in [-0.39, 0.29) is 0 Å². The minimum Gasteiger partial charge on any atom is -0.389 e. The van der Waals surface area contributed by atoms with Crippen LogP contribution in [0.4, 0.5) is 0 Å². The maximum atomic E-state index is 9.72. The lowest BCUT2D eigenvalue weighted by atomic mass is 10.1. The molecule has 2 aromatic rings. The Labute approximate surface area is 113 Å². The highest BCUT2D eigenvalue weighted by Crippen LogP contribution is 2.34. The number of hydrogen-bond donors (Lipinski definition) is 1. The summed E-state index contributed by atoms with van der Waals surface area (Å²) in [5.41, 5.74) is 1.37. The number of benzene rings is 1. The molecule has 0 saturated heterocycles. The molecular formula is C12H11N3OS2. The molecule has 6 heteroatoms. The lowest BCUT2D eigenvalue weighted by Crippen LogP contribution is -1.94. The fourth-order valence-electron chi connectivity index (χ4n) is 1.45. The lowest BCUT2D eigenvalue weighted by Gasteiger charge is -2.10. The molecule has 0 aliphatic heterocycles. The van der Waals surface area contributed by atoms with E-state index in [0.717, 1.165) is 20.6 Å². The molecule has 0 fully saturated rings. The van der Waals surface area contributed by atoms with E-state index < -0.39 is 6.10 Å². The van der Waals surface area contributed by atoms with E-state index in [1.54, 1.807) is 25.1 Å². The van der Waals surface area contributed by atoms with Crippen molar-refractivity contribution in [2.75, 3.05) is 0 Å². The van der Waals surface area contributed by atoms with Gasteiger partial charge in [0, 0.05) is 4.90 Å². The van der Waals surface area contributed by atoms with E-state index in [9.17, 15) is 5.11 Å². The van der Waals surface area contributed by atoms with Crippen molar-refractivity contribution >= 4 is 23.3 Å². The maximum absolute atomic E-state index is 9.72. The third-order valence-corrected chi connectivity index (χ3v) is 4.21. The van der Waals surface area contributed by atoms with Crippen molar-refractivity contribution in [1.29, 1.82) is 5.26 Å². The van der Waals surface area contributed by atoms with Gasteiger partial charge in [0.25, 0.3) is 0 Å². The van der Waals surface area contributed by atoms with Crippen LogP contribution in [0.3, 0.4) is 0 Å². The molecule has 1 aromatic heterocycles. The van der Waals surface area contributed by atoms with E-state index in [1.807, 2.05) is 6.92 Å². The minimum absolute atomic E-state index is 0.572. The molecule has 1 aromatic carbocycles. The van der Waals surface area contributed by atoms with Crippen molar-refractivity contribution in [3.8, 4) is 6.07 Å². The summed E-state index contributed by atoms with van der Waals surface area (Å²) >= 11 is 2.74. The van der Waals surface area contributed by atoms with Crippen LogP contribution >= 0.6 is 23.3 Å². The molecule has 1 atom stereocenters. The van der Waals surface area contributed by atoms with E-state index >= 15 is 0 Å². The number of nitriles is 1. The molecular weight excluding hydrogens is 266 g/mol. The van der Waals surface area contributed by atoms with Crippen molar-refractivity contribution in [3.63, 3.8) is 0 Å². The van der Waals surface area contributed by atoms with Crippen LogP contribution in [-0.2, 0) is 0 Å². The van der Waals surface area contributed by atoms with E-state index in [2.05, 4.69) is 15.4 Å². The molecule has 18 heavy (non-hydrogen) atoms. The Morgan fingerprint density at radius 3 is 2.83 bits per heavy atom. The van der Waals surface area contributed by atoms with Crippen LogP contribution in [0.2, 0.25) is 0 Å². The number of nitrogens with zero attached hydrogens (tertiary/aromatic N) is 3. The van der Waals surface area contributed by atoms with Crippen LogP contribution in [-0.4, -0.2) is 14.5 Å². The first-order valence-electron chi connectivity index (χ1n) is 5.30. The first kappa shape index (κ1) is 13.0. The standard InChI is InChI=1S/C12H11N3OS2/c1-7(16)10-4-3-9(6-13)5-11(10)17-12-14-8(2)15-18-12/h3-5,7,16H,1-2H3/t7-/m1/s1. The first-order chi connectivity index (χ1) is 8.60. The topological polar surface area (TPSA) is 69.8 Å². The zero-order chi connectivity index (χ0) is 13.1. The molecule has 0 radical (unpaired) electrons. The van der Waals surface area contributed by atoms with Gasteiger partial charge in [0.15, 0.2) is 4.34 Å². The largest absolute Gasteiger partial charge is 0.389 e. The molecule has 0 aliphatic rings. The first-order valence-corrected chi connectivity index (χ1v) is 6.89. The third-order valence-electron chi connectivity index (χ3n) is 2.30. The van der Waals surface area contributed by atoms with Gasteiger partial charge in [0.2, 0.25) is 0 Å². The van der Waals surface area contributed by atoms with Crippen LogP contribution in [0.25, 0.3) is 0 Å². The van der Waals surface area contributed by atoms with Gasteiger partial charge in [-0.2, -0.15) is 9.64 Å². The third kappa shape index (κ3) is 2.88. The van der Waals surface area contributed by atoms with Gasteiger partial charge >= 0.3 is 0 Å². The van der Waals surface area contributed by atoms with Gasteiger partial charge in [-0.05, 0) is 43.1 Å². The van der Waals surface area contributed by atoms with Gasteiger partial charge in [0.1, 0.15) is 5.82 Å². The van der Waals surface area contributed by atoms with Crippen molar-refractivity contribution in [3.05, 3.63) is 35.2 Å². The fraction of sp³-hybridized carbons (Fsp3) is 0.250. The van der Waals surface area contributed by atoms with Gasteiger partial charge < -0.3 is 5.11 Å². The number of aliphatic hydroxyl groups is 1. The summed E-state index contributed by atoms with van der Waals surface area (Å²) in [4.78, 5) is 5.12. The molecule has 1 heterocycles. The molecule has 4 nitrogen and oxygen atoms in total. The highest BCUT2D eigenvalue weighted by molar-refractivity contribution is 8.01. The molecule has 92 valence electrons. The van der Waals surface area contributed by atoms with E-state index in [0.29, 0.717) is 5.56 Å². The van der Waals surface area contributed by atoms with Crippen molar-refractivity contribution < 1.29 is 5.11 Å². The lowest BCUT2D eigenvalue weighted by molar-refractivity contribution is 0.196. The second-order valence-corrected chi connectivity index (χ2v) is 5.79. The van der Waals surface area contributed by atoms with Crippen LogP contribution in [0.15, 0.2) is 27.4 Å². The molecule has 0 spiro atoms. The molecule has 0 amide bonds. The van der Waals surface area contributed by atoms with Crippen LogP contribution in [0.5, 0.6) is 0 Å². The maximum Gasteiger partial charge on any atom is 0.174 e. The van der Waals surface area contributed by atoms with Crippen LogP contribution in [0, 0.1) is 18.3 Å². The molecule has 2 rings (SSSR count). The number of aromatic nitrogens is 2. The molecule has 0 aliphatic carbocycles. The van der Waals surface area contributed by atoms with Crippen LogP contribution < -0.4 is 0 Å². The molecule has 0 unspecified atom stereocenters. The summed E-state index contributed by atoms with van der Waals surface area (Å²) < 4.78 is 4.92. The number of hydrogen-bond acceptors (Lipinski definition) is 6. The smallest absolute Gasteiger partial charge is 0.174 e. The average molecular weight is 277 g/mol. The predicted molar refractivity (Wildman–Crippen MR) is 70.6 cm³/mol. The number of aryl methyl sites for hydroxylation is 1. The molecule has 0 bridgehead atoms. The average Bonchev–Trinajstić information content (AvgIpc) is 2.74. The zero-order valence-electron chi connectivity index (χ0n) is 9.91. The number of aliphatic hydroxyl groups excluding tert-OH is 1. The summed E-state index contributed by atoms with van der Waals surface area (Å²) in [6.07, 6.45) is -0.575. The second kappa shape index (κ2) is 5.48. The second-order valence-electron chi connectivity index (χ2n) is 3.75. The Balaban J connectivity index is 2.38. The van der Waals surface area contributed by atoms with E-state index in [1.165, 1.54) is 23.3 Å². The summed E-state index contributed by atoms with van der Waals surface area (Å²) in [5.74, 6) is 0.734. The Hall–Kier alpha value is -1.42. The van der Waals surface area contributed by atoms with Crippen LogP contribution in [0.1, 0.15) is 30.0 Å². The SMILES string of the molecule is Cc1nsc(Sc2cc(C#N)ccc2[C@@H](C)O)n1. The monoisotopic (exact) mass is 277 g/mol. The highest BCUT2D eigenvalue weighted by atomic mass is 32.2. The Kier molecular flexibility index (Phi) is 3.97. The summed E-state index contributed by atoms with van der Waals surface area (Å²) in [6.45, 7) is 3.54. The number of rotatable bonds is 3. The van der Waals surface area contributed by atoms with Crippen molar-refractivity contribution in [2.45, 2.75) is 29.2 Å². The van der Waals surface area contributed by atoms with Crippen molar-refractivity contribution in [2.24, 2.45) is 0 Å². The quantitative estimate of drug-likeness (QED) is 0.934.